The first kappa shape index (κ1) is 15.4. The molecule has 3 atom stereocenters. The summed E-state index contributed by atoms with van der Waals surface area (Å²) in [5.74, 6) is -5.08. The summed E-state index contributed by atoms with van der Waals surface area (Å²) in [6, 6.07) is 7.25. The number of carboxylic acids is 1. The van der Waals surface area contributed by atoms with Crippen LogP contribution in [0.5, 0.6) is 0 Å². The van der Waals surface area contributed by atoms with Crippen molar-refractivity contribution in [2.45, 2.75) is 36.0 Å². The number of rotatable bonds is 4. The second-order valence-corrected chi connectivity index (χ2v) is 7.90. The normalized spacial score (nSPS) is 31.1. The van der Waals surface area contributed by atoms with Crippen molar-refractivity contribution in [2.75, 3.05) is 6.54 Å². The summed E-state index contributed by atoms with van der Waals surface area (Å²) >= 11 is 0. The third-order valence-electron chi connectivity index (χ3n) is 4.18. The highest BCUT2D eigenvalue weighted by Gasteiger charge is 2.58. The summed E-state index contributed by atoms with van der Waals surface area (Å²) in [6.45, 7) is -1.05. The van der Waals surface area contributed by atoms with Crippen molar-refractivity contribution in [2.24, 2.45) is 0 Å². The lowest BCUT2D eigenvalue weighted by Crippen LogP contribution is -2.42. The Morgan fingerprint density at radius 2 is 1.91 bits per heavy atom. The van der Waals surface area contributed by atoms with E-state index in [4.69, 9.17) is 5.11 Å². The lowest BCUT2D eigenvalue weighted by Gasteiger charge is -2.20. The smallest absolute Gasteiger partial charge is 0.322 e. The lowest BCUT2D eigenvalue weighted by molar-refractivity contribution is -0.141. The van der Waals surface area contributed by atoms with Crippen molar-refractivity contribution in [1.29, 1.82) is 0 Å². The third-order valence-corrected chi connectivity index (χ3v) is 6.50. The molecule has 1 aliphatic carbocycles. The molecule has 3 rings (SSSR count). The van der Waals surface area contributed by atoms with Crippen LogP contribution in [0.25, 0.3) is 0 Å². The van der Waals surface area contributed by atoms with Gasteiger partial charge in [0.25, 0.3) is 5.92 Å². The number of hydrogen-bond acceptors (Lipinski definition) is 3. The second-order valence-electron chi connectivity index (χ2n) is 5.80. The molecule has 1 aliphatic heterocycles. The van der Waals surface area contributed by atoms with Gasteiger partial charge in [0.2, 0.25) is 10.0 Å². The maximum absolute atomic E-state index is 13.5. The average Bonchev–Trinajstić information content (AvgIpc) is 3.18. The van der Waals surface area contributed by atoms with E-state index in [1.165, 1.54) is 0 Å². The van der Waals surface area contributed by atoms with Gasteiger partial charge in [0.1, 0.15) is 6.04 Å². The average molecular weight is 331 g/mol. The topological polar surface area (TPSA) is 74.7 Å². The maximum Gasteiger partial charge on any atom is 0.322 e. The Morgan fingerprint density at radius 1 is 1.27 bits per heavy atom. The first-order chi connectivity index (χ1) is 10.2. The zero-order valence-corrected chi connectivity index (χ0v) is 12.3. The predicted molar refractivity (Wildman–Crippen MR) is 74.2 cm³/mol. The van der Waals surface area contributed by atoms with Crippen LogP contribution >= 0.6 is 0 Å². The van der Waals surface area contributed by atoms with Gasteiger partial charge in [-0.05, 0) is 12.0 Å². The SMILES string of the molecule is O=C(O)[C@H]1CC(F)(F)CN1S(=O)(=O)[C@@H]1C[C@H]1c1ccccc1. The first-order valence-corrected chi connectivity index (χ1v) is 8.39. The molecule has 1 N–H and O–H groups in total. The molecule has 5 nitrogen and oxygen atoms in total. The minimum atomic E-state index is -4.06. The van der Waals surface area contributed by atoms with E-state index in [1.807, 2.05) is 0 Å². The van der Waals surface area contributed by atoms with Gasteiger partial charge in [-0.1, -0.05) is 30.3 Å². The molecule has 22 heavy (non-hydrogen) atoms. The molecule has 8 heteroatoms. The highest BCUT2D eigenvalue weighted by molar-refractivity contribution is 7.90. The highest BCUT2D eigenvalue weighted by Crippen LogP contribution is 2.49. The number of halogens is 2. The van der Waals surface area contributed by atoms with Crippen molar-refractivity contribution >= 4 is 16.0 Å². The molecule has 0 bridgehead atoms. The van der Waals surface area contributed by atoms with E-state index in [9.17, 15) is 22.0 Å². The van der Waals surface area contributed by atoms with E-state index in [0.717, 1.165) is 5.56 Å². The van der Waals surface area contributed by atoms with Crippen LogP contribution in [-0.4, -0.2) is 47.6 Å². The molecule has 0 aromatic heterocycles. The van der Waals surface area contributed by atoms with Gasteiger partial charge in [-0.2, -0.15) is 4.31 Å². The van der Waals surface area contributed by atoms with Crippen molar-refractivity contribution < 1.29 is 27.1 Å². The zero-order valence-electron chi connectivity index (χ0n) is 11.5. The van der Waals surface area contributed by atoms with Crippen molar-refractivity contribution in [3.63, 3.8) is 0 Å². The molecule has 120 valence electrons. The number of aliphatic carboxylic acids is 1. The summed E-state index contributed by atoms with van der Waals surface area (Å²) in [6.07, 6.45) is -0.634. The summed E-state index contributed by atoms with van der Waals surface area (Å²) in [5.41, 5.74) is 0.828. The second kappa shape index (κ2) is 4.99. The van der Waals surface area contributed by atoms with Gasteiger partial charge in [-0.15, -0.1) is 0 Å². The van der Waals surface area contributed by atoms with E-state index in [2.05, 4.69) is 0 Å². The monoisotopic (exact) mass is 331 g/mol. The summed E-state index contributed by atoms with van der Waals surface area (Å²) in [7, 11) is -4.06. The Labute approximate surface area is 126 Å². The predicted octanol–water partition coefficient (Wildman–Crippen LogP) is 1.67. The standard InChI is InChI=1S/C14H15F2NO4S/c15-14(16)7-11(13(18)19)17(8-14)22(20,21)12-6-10(12)9-4-2-1-3-5-9/h1-5,10-12H,6-8H2,(H,18,19)/t10-,11+,12+/m0/s1. The number of hydrogen-bond donors (Lipinski definition) is 1. The van der Waals surface area contributed by atoms with Gasteiger partial charge in [0.05, 0.1) is 11.8 Å². The number of nitrogens with zero attached hydrogens (tertiary/aromatic N) is 1. The van der Waals surface area contributed by atoms with E-state index < -0.39 is 46.2 Å². The molecule has 0 unspecified atom stereocenters. The Kier molecular flexibility index (Phi) is 3.48. The molecular weight excluding hydrogens is 316 g/mol. The molecule has 0 spiro atoms. The highest BCUT2D eigenvalue weighted by atomic mass is 32.2. The van der Waals surface area contributed by atoms with Gasteiger partial charge in [-0.3, -0.25) is 4.79 Å². The molecule has 1 saturated carbocycles. The van der Waals surface area contributed by atoms with Gasteiger partial charge >= 0.3 is 5.97 Å². The van der Waals surface area contributed by atoms with E-state index in [0.29, 0.717) is 10.7 Å². The summed E-state index contributed by atoms with van der Waals surface area (Å²) in [4.78, 5) is 11.1. The van der Waals surface area contributed by atoms with Crippen LogP contribution in [0.4, 0.5) is 8.78 Å². The molecular formula is C14H15F2NO4S. The quantitative estimate of drug-likeness (QED) is 0.911. The number of carbonyl (C=O) groups is 1. The Morgan fingerprint density at radius 3 is 2.50 bits per heavy atom. The number of benzene rings is 1. The fraction of sp³-hybridized carbons (Fsp3) is 0.500. The molecule has 2 fully saturated rings. The number of alkyl halides is 2. The van der Waals surface area contributed by atoms with Gasteiger partial charge < -0.3 is 5.11 Å². The van der Waals surface area contributed by atoms with Crippen LogP contribution in [0.3, 0.4) is 0 Å². The fourth-order valence-electron chi connectivity index (χ4n) is 2.99. The largest absolute Gasteiger partial charge is 0.480 e. The van der Waals surface area contributed by atoms with Crippen molar-refractivity contribution in [1.82, 2.24) is 4.31 Å². The van der Waals surface area contributed by atoms with Crippen LogP contribution in [0.1, 0.15) is 24.3 Å². The molecule has 0 radical (unpaired) electrons. The molecule has 1 aromatic carbocycles. The van der Waals surface area contributed by atoms with Gasteiger partial charge in [0, 0.05) is 12.3 Å². The van der Waals surface area contributed by atoms with Crippen LogP contribution in [-0.2, 0) is 14.8 Å². The minimum Gasteiger partial charge on any atom is -0.480 e. The number of sulfonamides is 1. The summed E-state index contributed by atoms with van der Waals surface area (Å²) in [5, 5.41) is 8.21. The summed E-state index contributed by atoms with van der Waals surface area (Å²) < 4.78 is 52.4. The minimum absolute atomic E-state index is 0.255. The Hall–Kier alpha value is -1.54. The first-order valence-electron chi connectivity index (χ1n) is 6.88. The molecule has 1 aromatic rings. The van der Waals surface area contributed by atoms with E-state index in [1.54, 1.807) is 30.3 Å². The van der Waals surface area contributed by atoms with Gasteiger partial charge in [0.15, 0.2) is 0 Å². The third kappa shape index (κ3) is 2.61. The maximum atomic E-state index is 13.5. The molecule has 0 amide bonds. The zero-order chi connectivity index (χ0) is 16.1. The van der Waals surface area contributed by atoms with E-state index >= 15 is 0 Å². The Bertz CT molecular complexity index is 692. The van der Waals surface area contributed by atoms with Crippen LogP contribution in [0.15, 0.2) is 30.3 Å². The number of carboxylic acid groups (broad SMARTS) is 1. The lowest BCUT2D eigenvalue weighted by atomic mass is 10.1. The van der Waals surface area contributed by atoms with Crippen LogP contribution < -0.4 is 0 Å². The van der Waals surface area contributed by atoms with Crippen LogP contribution in [0.2, 0.25) is 0 Å². The molecule has 2 aliphatic rings. The molecule has 1 saturated heterocycles. The van der Waals surface area contributed by atoms with Crippen molar-refractivity contribution in [3.8, 4) is 0 Å². The Balaban J connectivity index is 1.83. The molecule has 1 heterocycles. The van der Waals surface area contributed by atoms with Crippen molar-refractivity contribution in [3.05, 3.63) is 35.9 Å². The van der Waals surface area contributed by atoms with Gasteiger partial charge in [-0.25, -0.2) is 17.2 Å². The fourth-order valence-corrected chi connectivity index (χ4v) is 5.25. The van der Waals surface area contributed by atoms with E-state index in [-0.39, 0.29) is 5.92 Å². The van der Waals surface area contributed by atoms with Crippen LogP contribution in [0, 0.1) is 0 Å².